The van der Waals surface area contributed by atoms with Crippen molar-refractivity contribution in [1.29, 1.82) is 0 Å². The van der Waals surface area contributed by atoms with Crippen LogP contribution in [0.2, 0.25) is 19.6 Å². The second kappa shape index (κ2) is 3.32. The van der Waals surface area contributed by atoms with Gasteiger partial charge in [-0.25, -0.2) is 0 Å². The Hall–Kier alpha value is -0.393. The Kier molecular flexibility index (Phi) is 2.77. The largest absolute Gasteiger partial charge is 0.285 e. The summed E-state index contributed by atoms with van der Waals surface area (Å²) in [6.07, 6.45) is 7.33. The minimum absolute atomic E-state index is 0.387. The molecule has 0 heterocycles. The SMILES string of the molecule is C[Si](C)(C)C1(S(=O)(=O)O)C=CC=CC1. The standard InChI is InChI=1S/C9H16O3SSi/c1-14(2,3)9(13(10,11)12)7-5-4-6-8-9/h4-7H,8H2,1-3H3,(H,10,11,12). The number of allylic oxidation sites excluding steroid dienone is 3. The highest BCUT2D eigenvalue weighted by molar-refractivity contribution is 7.89. The van der Waals surface area contributed by atoms with Crippen molar-refractivity contribution in [3.05, 3.63) is 24.3 Å². The maximum absolute atomic E-state index is 11.5. The third kappa shape index (κ3) is 1.71. The lowest BCUT2D eigenvalue weighted by Crippen LogP contribution is -2.56. The van der Waals surface area contributed by atoms with Crippen molar-refractivity contribution in [2.45, 2.75) is 30.4 Å². The fraction of sp³-hybridized carbons (Fsp3) is 0.556. The van der Waals surface area contributed by atoms with Crippen LogP contribution >= 0.6 is 0 Å². The lowest BCUT2D eigenvalue weighted by molar-refractivity contribution is 0.466. The fourth-order valence-electron chi connectivity index (χ4n) is 1.74. The molecular weight excluding hydrogens is 216 g/mol. The van der Waals surface area contributed by atoms with Gasteiger partial charge in [-0.15, -0.1) is 0 Å². The van der Waals surface area contributed by atoms with E-state index < -0.39 is 22.6 Å². The zero-order valence-corrected chi connectivity index (χ0v) is 10.5. The van der Waals surface area contributed by atoms with E-state index in [9.17, 15) is 13.0 Å². The predicted molar refractivity (Wildman–Crippen MR) is 60.5 cm³/mol. The van der Waals surface area contributed by atoms with E-state index in [4.69, 9.17) is 0 Å². The van der Waals surface area contributed by atoms with Gasteiger partial charge in [0, 0.05) is 0 Å². The summed E-state index contributed by atoms with van der Waals surface area (Å²) >= 11 is 0. The minimum Gasteiger partial charge on any atom is -0.285 e. The second-order valence-electron chi connectivity index (χ2n) is 4.61. The maximum atomic E-state index is 11.5. The third-order valence-corrected chi connectivity index (χ3v) is 9.51. The smallest absolute Gasteiger partial charge is 0.271 e. The molecule has 0 aromatic carbocycles. The molecule has 0 aromatic rings. The molecule has 1 N–H and O–H groups in total. The molecule has 0 radical (unpaired) electrons. The molecule has 80 valence electrons. The van der Waals surface area contributed by atoms with Crippen LogP contribution in [-0.4, -0.2) is 25.4 Å². The predicted octanol–water partition coefficient (Wildman–Crippen LogP) is 2.01. The lowest BCUT2D eigenvalue weighted by atomic mass is 10.2. The zero-order valence-electron chi connectivity index (χ0n) is 8.69. The van der Waals surface area contributed by atoms with Gasteiger partial charge in [0.05, 0.1) is 8.07 Å². The summed E-state index contributed by atoms with van der Waals surface area (Å²) in [5.41, 5.74) is 0. The van der Waals surface area contributed by atoms with Crippen molar-refractivity contribution < 1.29 is 13.0 Å². The van der Waals surface area contributed by atoms with Gasteiger partial charge < -0.3 is 0 Å². The first-order valence-corrected chi connectivity index (χ1v) is 9.46. The first-order valence-electron chi connectivity index (χ1n) is 4.52. The summed E-state index contributed by atoms with van der Waals surface area (Å²) in [4.78, 5) is 0. The molecule has 5 heteroatoms. The summed E-state index contributed by atoms with van der Waals surface area (Å²) in [6.45, 7) is 5.85. The number of hydrogen-bond acceptors (Lipinski definition) is 2. The van der Waals surface area contributed by atoms with Gasteiger partial charge in [0.2, 0.25) is 0 Å². The first-order chi connectivity index (χ1) is 6.21. The Bertz CT molecular complexity index is 375. The Labute approximate surface area is 86.3 Å². The number of rotatable bonds is 2. The maximum Gasteiger partial charge on any atom is 0.271 e. The van der Waals surface area contributed by atoms with E-state index in [0.29, 0.717) is 6.42 Å². The van der Waals surface area contributed by atoms with Crippen molar-refractivity contribution >= 4 is 18.2 Å². The van der Waals surface area contributed by atoms with Crippen molar-refractivity contribution in [2.75, 3.05) is 0 Å². The van der Waals surface area contributed by atoms with E-state index in [0.717, 1.165) is 0 Å². The van der Waals surface area contributed by atoms with Gasteiger partial charge in [-0.2, -0.15) is 8.42 Å². The first kappa shape index (κ1) is 11.7. The van der Waals surface area contributed by atoms with Crippen LogP contribution in [0, 0.1) is 0 Å². The second-order valence-corrected chi connectivity index (χ2v) is 12.0. The molecular formula is C9H16O3SSi. The molecule has 14 heavy (non-hydrogen) atoms. The van der Waals surface area contributed by atoms with E-state index in [1.165, 1.54) is 0 Å². The molecule has 0 fully saturated rings. The van der Waals surface area contributed by atoms with E-state index >= 15 is 0 Å². The van der Waals surface area contributed by atoms with Gasteiger partial charge >= 0.3 is 0 Å². The molecule has 3 nitrogen and oxygen atoms in total. The van der Waals surface area contributed by atoms with Crippen LogP contribution in [0.4, 0.5) is 0 Å². The molecule has 0 aliphatic heterocycles. The Morgan fingerprint density at radius 3 is 2.07 bits per heavy atom. The molecule has 1 aliphatic carbocycles. The summed E-state index contributed by atoms with van der Waals surface area (Å²) in [6, 6.07) is 0. The van der Waals surface area contributed by atoms with Gasteiger partial charge in [0.1, 0.15) is 4.37 Å². The average Bonchev–Trinajstić information content (AvgIpc) is 2.02. The van der Waals surface area contributed by atoms with Gasteiger partial charge in [0.15, 0.2) is 0 Å². The quantitative estimate of drug-likeness (QED) is 0.585. The molecule has 0 amide bonds. The van der Waals surface area contributed by atoms with Crippen LogP contribution < -0.4 is 0 Å². The van der Waals surface area contributed by atoms with Crippen LogP contribution in [0.3, 0.4) is 0 Å². The molecule has 1 aliphatic rings. The van der Waals surface area contributed by atoms with E-state index in [2.05, 4.69) is 0 Å². The average molecular weight is 232 g/mol. The van der Waals surface area contributed by atoms with Crippen molar-refractivity contribution in [3.63, 3.8) is 0 Å². The minimum atomic E-state index is -4.02. The Morgan fingerprint density at radius 2 is 1.86 bits per heavy atom. The lowest BCUT2D eigenvalue weighted by Gasteiger charge is -2.38. The molecule has 0 saturated carbocycles. The highest BCUT2D eigenvalue weighted by Gasteiger charge is 2.51. The van der Waals surface area contributed by atoms with Crippen LogP contribution in [0.25, 0.3) is 0 Å². The normalized spacial score (nSPS) is 28.0. The highest BCUT2D eigenvalue weighted by Crippen LogP contribution is 2.35. The van der Waals surface area contributed by atoms with Crippen molar-refractivity contribution in [3.8, 4) is 0 Å². The highest BCUT2D eigenvalue weighted by atomic mass is 32.2. The molecule has 0 spiro atoms. The summed E-state index contributed by atoms with van der Waals surface area (Å²) in [5.74, 6) is 0. The van der Waals surface area contributed by atoms with Crippen LogP contribution in [0.15, 0.2) is 24.3 Å². The fourth-order valence-corrected chi connectivity index (χ4v) is 6.71. The van der Waals surface area contributed by atoms with Crippen LogP contribution in [0.1, 0.15) is 6.42 Å². The van der Waals surface area contributed by atoms with Crippen LogP contribution in [-0.2, 0) is 10.1 Å². The van der Waals surface area contributed by atoms with E-state index in [1.54, 1.807) is 18.2 Å². The molecule has 0 saturated heterocycles. The topological polar surface area (TPSA) is 54.4 Å². The Balaban J connectivity index is 3.32. The molecule has 1 unspecified atom stereocenters. The van der Waals surface area contributed by atoms with Gasteiger partial charge in [0.25, 0.3) is 10.1 Å². The monoisotopic (exact) mass is 232 g/mol. The van der Waals surface area contributed by atoms with Crippen molar-refractivity contribution in [2.24, 2.45) is 0 Å². The zero-order chi connectivity index (χ0) is 11.0. The third-order valence-electron chi connectivity index (χ3n) is 2.76. The van der Waals surface area contributed by atoms with Crippen LogP contribution in [0.5, 0.6) is 0 Å². The van der Waals surface area contributed by atoms with E-state index in [-0.39, 0.29) is 0 Å². The van der Waals surface area contributed by atoms with Crippen molar-refractivity contribution in [1.82, 2.24) is 0 Å². The Morgan fingerprint density at radius 1 is 1.29 bits per heavy atom. The summed E-state index contributed by atoms with van der Waals surface area (Å²) in [5, 5.41) is 0. The molecule has 0 bridgehead atoms. The van der Waals surface area contributed by atoms with Gasteiger partial charge in [-0.1, -0.05) is 43.9 Å². The molecule has 1 rings (SSSR count). The molecule has 1 atom stereocenters. The van der Waals surface area contributed by atoms with Gasteiger partial charge in [-0.05, 0) is 6.42 Å². The number of hydrogen-bond donors (Lipinski definition) is 1. The van der Waals surface area contributed by atoms with E-state index in [1.807, 2.05) is 25.7 Å². The summed E-state index contributed by atoms with van der Waals surface area (Å²) in [7, 11) is -6.04. The summed E-state index contributed by atoms with van der Waals surface area (Å²) < 4.78 is 31.2. The van der Waals surface area contributed by atoms with Gasteiger partial charge in [-0.3, -0.25) is 4.55 Å². The molecule has 0 aromatic heterocycles.